The van der Waals surface area contributed by atoms with E-state index < -0.39 is 17.7 Å². The highest BCUT2D eigenvalue weighted by Crippen LogP contribution is 2.38. The smallest absolute Gasteiger partial charge is 0.416 e. The quantitative estimate of drug-likeness (QED) is 0.881. The van der Waals surface area contributed by atoms with Gasteiger partial charge in [-0.25, -0.2) is 4.79 Å². The monoisotopic (exact) mass is 273 g/mol. The number of carbonyl (C=O) groups is 1. The number of anilines is 1. The highest BCUT2D eigenvalue weighted by molar-refractivity contribution is 5.94. The maximum Gasteiger partial charge on any atom is 0.416 e. The number of nitrogens with one attached hydrogen (secondary N) is 1. The van der Waals surface area contributed by atoms with Gasteiger partial charge in [0.25, 0.3) is 0 Å². The number of hydrogen-bond acceptors (Lipinski definition) is 2. The summed E-state index contributed by atoms with van der Waals surface area (Å²) < 4.78 is 37.6. The second kappa shape index (κ2) is 4.75. The summed E-state index contributed by atoms with van der Waals surface area (Å²) in [5.74, 6) is -0.883. The zero-order chi connectivity index (χ0) is 14.2. The lowest BCUT2D eigenvalue weighted by atomic mass is 10.1. The minimum absolute atomic E-state index is 0.167. The zero-order valence-corrected chi connectivity index (χ0v) is 10.3. The molecule has 3 nitrogen and oxygen atoms in total. The predicted octanol–water partition coefficient (Wildman–Crippen LogP) is 3.61. The number of benzene rings is 1. The lowest BCUT2D eigenvalue weighted by molar-refractivity contribution is -0.137. The maximum atomic E-state index is 12.5. The number of hydrogen-bond donors (Lipinski definition) is 2. The van der Waals surface area contributed by atoms with Crippen molar-refractivity contribution in [2.45, 2.75) is 32.0 Å². The first kappa shape index (κ1) is 13.7. The van der Waals surface area contributed by atoms with Crippen molar-refractivity contribution in [3.63, 3.8) is 0 Å². The van der Waals surface area contributed by atoms with Crippen LogP contribution >= 0.6 is 0 Å². The third-order valence-corrected chi connectivity index (χ3v) is 3.37. The zero-order valence-electron chi connectivity index (χ0n) is 10.3. The fourth-order valence-corrected chi connectivity index (χ4v) is 2.10. The molecule has 2 atom stereocenters. The molecule has 0 aromatic heterocycles. The number of carboxylic acid groups (broad SMARTS) is 1. The second-order valence-electron chi connectivity index (χ2n) is 4.72. The average Bonchev–Trinajstić information content (AvgIpc) is 3.06. The van der Waals surface area contributed by atoms with Crippen molar-refractivity contribution in [1.29, 1.82) is 0 Å². The number of aromatic carboxylic acids is 1. The van der Waals surface area contributed by atoms with Crippen LogP contribution < -0.4 is 5.32 Å². The van der Waals surface area contributed by atoms with Crippen LogP contribution in [0.15, 0.2) is 18.2 Å². The van der Waals surface area contributed by atoms with Crippen LogP contribution in [0.1, 0.15) is 35.7 Å². The van der Waals surface area contributed by atoms with Gasteiger partial charge in [-0.2, -0.15) is 13.2 Å². The van der Waals surface area contributed by atoms with Crippen molar-refractivity contribution in [1.82, 2.24) is 0 Å². The topological polar surface area (TPSA) is 49.3 Å². The van der Waals surface area contributed by atoms with Gasteiger partial charge in [0.15, 0.2) is 0 Å². The first-order valence-corrected chi connectivity index (χ1v) is 6.04. The Balaban J connectivity index is 2.26. The highest BCUT2D eigenvalue weighted by atomic mass is 19.4. The Morgan fingerprint density at radius 1 is 1.47 bits per heavy atom. The standard InChI is InChI=1S/C13H14F3NO2/c1-2-7-5-11(7)17-10-4-3-8(13(14,15)16)6-9(10)12(18)19/h3-4,6-7,11,17H,2,5H2,1H3,(H,18,19). The van der Waals surface area contributed by atoms with Crippen LogP contribution in [0.25, 0.3) is 0 Å². The van der Waals surface area contributed by atoms with E-state index >= 15 is 0 Å². The van der Waals surface area contributed by atoms with E-state index in [0.29, 0.717) is 12.0 Å². The molecule has 0 bridgehead atoms. The molecule has 0 heterocycles. The Bertz CT molecular complexity index is 499. The molecule has 2 unspecified atom stereocenters. The molecule has 0 aliphatic heterocycles. The van der Waals surface area contributed by atoms with Crippen molar-refractivity contribution in [3.05, 3.63) is 29.3 Å². The SMILES string of the molecule is CCC1CC1Nc1ccc(C(F)(F)F)cc1C(=O)O. The third kappa shape index (κ3) is 3.00. The molecule has 19 heavy (non-hydrogen) atoms. The Hall–Kier alpha value is -1.72. The number of alkyl halides is 3. The van der Waals surface area contributed by atoms with Crippen molar-refractivity contribution in [2.24, 2.45) is 5.92 Å². The normalized spacial score (nSPS) is 22.1. The largest absolute Gasteiger partial charge is 0.478 e. The van der Waals surface area contributed by atoms with Gasteiger partial charge in [-0.15, -0.1) is 0 Å². The van der Waals surface area contributed by atoms with Crippen molar-refractivity contribution in [3.8, 4) is 0 Å². The van der Waals surface area contributed by atoms with Crippen molar-refractivity contribution in [2.75, 3.05) is 5.32 Å². The predicted molar refractivity (Wildman–Crippen MR) is 64.2 cm³/mol. The molecule has 1 aromatic carbocycles. The van der Waals surface area contributed by atoms with Crippen LogP contribution in [0, 0.1) is 5.92 Å². The Morgan fingerprint density at radius 3 is 2.63 bits per heavy atom. The van der Waals surface area contributed by atoms with E-state index in [-0.39, 0.29) is 17.3 Å². The van der Waals surface area contributed by atoms with Gasteiger partial charge in [0.2, 0.25) is 0 Å². The van der Waals surface area contributed by atoms with Gasteiger partial charge in [0.05, 0.1) is 11.1 Å². The summed E-state index contributed by atoms with van der Waals surface area (Å²) >= 11 is 0. The molecule has 1 aliphatic rings. The summed E-state index contributed by atoms with van der Waals surface area (Å²) in [5, 5.41) is 12.0. The van der Waals surface area contributed by atoms with Crippen LogP contribution in [0.2, 0.25) is 0 Å². The minimum atomic E-state index is -4.53. The third-order valence-electron chi connectivity index (χ3n) is 3.37. The molecule has 2 N–H and O–H groups in total. The van der Waals surface area contributed by atoms with Gasteiger partial charge in [0.1, 0.15) is 0 Å². The van der Waals surface area contributed by atoms with Gasteiger partial charge in [-0.3, -0.25) is 0 Å². The van der Waals surface area contributed by atoms with E-state index in [0.717, 1.165) is 18.9 Å². The molecule has 0 saturated heterocycles. The minimum Gasteiger partial charge on any atom is -0.478 e. The first-order chi connectivity index (χ1) is 8.82. The van der Waals surface area contributed by atoms with E-state index in [1.54, 1.807) is 0 Å². The van der Waals surface area contributed by atoms with Crippen LogP contribution in [-0.4, -0.2) is 17.1 Å². The molecule has 0 amide bonds. The number of halogens is 3. The summed E-state index contributed by atoms with van der Waals surface area (Å²) in [6.45, 7) is 2.03. The molecular formula is C13H14F3NO2. The first-order valence-electron chi connectivity index (χ1n) is 6.04. The lowest BCUT2D eigenvalue weighted by Crippen LogP contribution is -2.12. The summed E-state index contributed by atoms with van der Waals surface area (Å²) in [5.41, 5.74) is -1.03. The van der Waals surface area contributed by atoms with Crippen LogP contribution in [0.4, 0.5) is 18.9 Å². The molecule has 1 fully saturated rings. The fourth-order valence-electron chi connectivity index (χ4n) is 2.10. The van der Waals surface area contributed by atoms with Crippen LogP contribution in [-0.2, 0) is 6.18 Å². The Kier molecular flexibility index (Phi) is 3.43. The molecule has 6 heteroatoms. The maximum absolute atomic E-state index is 12.5. The Morgan fingerprint density at radius 2 is 2.16 bits per heavy atom. The van der Waals surface area contributed by atoms with Gasteiger partial charge < -0.3 is 10.4 Å². The average molecular weight is 273 g/mol. The second-order valence-corrected chi connectivity index (χ2v) is 4.72. The molecular weight excluding hydrogens is 259 g/mol. The van der Waals surface area contributed by atoms with Gasteiger partial charge >= 0.3 is 12.1 Å². The van der Waals surface area contributed by atoms with E-state index in [4.69, 9.17) is 5.11 Å². The number of carboxylic acids is 1. The van der Waals surface area contributed by atoms with Crippen LogP contribution in [0.3, 0.4) is 0 Å². The van der Waals surface area contributed by atoms with E-state index in [1.807, 2.05) is 6.92 Å². The molecule has 0 radical (unpaired) electrons. The summed E-state index contributed by atoms with van der Waals surface area (Å²) in [4.78, 5) is 11.0. The van der Waals surface area contributed by atoms with E-state index in [2.05, 4.69) is 5.32 Å². The lowest BCUT2D eigenvalue weighted by Gasteiger charge is -2.12. The van der Waals surface area contributed by atoms with Gasteiger partial charge in [-0.05, 0) is 30.5 Å². The molecule has 104 valence electrons. The van der Waals surface area contributed by atoms with Crippen molar-refractivity contribution < 1.29 is 23.1 Å². The molecule has 1 saturated carbocycles. The fraction of sp³-hybridized carbons (Fsp3) is 0.462. The molecule has 1 aromatic rings. The number of rotatable bonds is 4. The van der Waals surface area contributed by atoms with Gasteiger partial charge in [0, 0.05) is 11.7 Å². The molecule has 0 spiro atoms. The van der Waals surface area contributed by atoms with E-state index in [1.165, 1.54) is 6.07 Å². The highest BCUT2D eigenvalue weighted by Gasteiger charge is 2.36. The summed E-state index contributed by atoms with van der Waals surface area (Å²) in [6.07, 6.45) is -2.63. The molecule has 2 rings (SSSR count). The van der Waals surface area contributed by atoms with E-state index in [9.17, 15) is 18.0 Å². The van der Waals surface area contributed by atoms with Gasteiger partial charge in [-0.1, -0.05) is 13.3 Å². The van der Waals surface area contributed by atoms with Crippen LogP contribution in [0.5, 0.6) is 0 Å². The summed E-state index contributed by atoms with van der Waals surface area (Å²) in [6, 6.07) is 2.93. The summed E-state index contributed by atoms with van der Waals surface area (Å²) in [7, 11) is 0. The Labute approximate surface area is 108 Å². The molecule has 1 aliphatic carbocycles. The van der Waals surface area contributed by atoms with Crippen molar-refractivity contribution >= 4 is 11.7 Å².